The van der Waals surface area contributed by atoms with Gasteiger partial charge in [0.2, 0.25) is 10.0 Å². The second-order valence-electron chi connectivity index (χ2n) is 3.63. The van der Waals surface area contributed by atoms with Crippen molar-refractivity contribution in [3.8, 4) is 0 Å². The van der Waals surface area contributed by atoms with E-state index >= 15 is 0 Å². The molecule has 0 radical (unpaired) electrons. The van der Waals surface area contributed by atoms with Crippen molar-refractivity contribution in [1.29, 1.82) is 0 Å². The van der Waals surface area contributed by atoms with Gasteiger partial charge >= 0.3 is 0 Å². The average molecular weight is 246 g/mol. The van der Waals surface area contributed by atoms with E-state index < -0.39 is 10.0 Å². The van der Waals surface area contributed by atoms with Crippen LogP contribution in [-0.2, 0) is 10.0 Å². The zero-order valence-electron chi connectivity index (χ0n) is 9.83. The molecule has 5 nitrogen and oxygen atoms in total. The molecule has 0 atom stereocenters. The van der Waals surface area contributed by atoms with Gasteiger partial charge in [-0.05, 0) is 39.9 Å². The minimum absolute atomic E-state index is 0.231. The fraction of sp³-hybridized carbons (Fsp3) is 0.600. The molecule has 1 aromatic heterocycles. The van der Waals surface area contributed by atoms with Crippen molar-refractivity contribution in [2.45, 2.75) is 25.2 Å². The van der Waals surface area contributed by atoms with E-state index in [0.717, 1.165) is 13.0 Å². The van der Waals surface area contributed by atoms with Gasteiger partial charge in [-0.3, -0.25) is 0 Å². The first kappa shape index (κ1) is 13.2. The monoisotopic (exact) mass is 246 g/mol. The Morgan fingerprint density at radius 3 is 2.50 bits per heavy atom. The van der Waals surface area contributed by atoms with Crippen LogP contribution in [0.15, 0.2) is 15.4 Å². The Morgan fingerprint density at radius 1 is 1.31 bits per heavy atom. The van der Waals surface area contributed by atoms with Crippen molar-refractivity contribution < 1.29 is 12.8 Å². The molecule has 0 saturated carbocycles. The molecule has 16 heavy (non-hydrogen) atoms. The maximum absolute atomic E-state index is 11.8. The molecule has 0 aliphatic carbocycles. The number of furan rings is 1. The summed E-state index contributed by atoms with van der Waals surface area (Å²) in [5, 5.41) is 2.96. The van der Waals surface area contributed by atoms with E-state index in [9.17, 15) is 8.42 Å². The Bertz CT molecular complexity index is 437. The summed E-state index contributed by atoms with van der Waals surface area (Å²) >= 11 is 0. The molecule has 1 aromatic rings. The molecule has 2 N–H and O–H groups in total. The van der Waals surface area contributed by atoms with Gasteiger partial charge in [0.1, 0.15) is 16.4 Å². The third kappa shape index (κ3) is 3.33. The first-order valence-electron chi connectivity index (χ1n) is 5.18. The van der Waals surface area contributed by atoms with Gasteiger partial charge in [0.25, 0.3) is 0 Å². The number of aryl methyl sites for hydroxylation is 2. The molecular formula is C10H18N2O3S. The van der Waals surface area contributed by atoms with E-state index in [1.807, 2.05) is 7.05 Å². The highest BCUT2D eigenvalue weighted by Gasteiger charge is 2.19. The molecule has 1 heterocycles. The molecule has 0 aromatic carbocycles. The number of hydrogen-bond donors (Lipinski definition) is 2. The lowest BCUT2D eigenvalue weighted by Crippen LogP contribution is -2.26. The smallest absolute Gasteiger partial charge is 0.244 e. The summed E-state index contributed by atoms with van der Waals surface area (Å²) in [6.45, 7) is 4.58. The summed E-state index contributed by atoms with van der Waals surface area (Å²) in [7, 11) is -1.59. The maximum Gasteiger partial charge on any atom is 0.244 e. The largest absolute Gasteiger partial charge is 0.465 e. The molecule has 0 amide bonds. The summed E-state index contributed by atoms with van der Waals surface area (Å²) in [6, 6.07) is 1.54. The molecule has 0 unspecified atom stereocenters. The van der Waals surface area contributed by atoms with Crippen LogP contribution in [0.2, 0.25) is 0 Å². The standard InChI is InChI=1S/C10H18N2O3S/c1-8-7-10(9(2)15-8)16(13,14)12-6-4-5-11-3/h7,11-12H,4-6H2,1-3H3. The Kier molecular flexibility index (Phi) is 4.52. The predicted molar refractivity (Wildman–Crippen MR) is 61.9 cm³/mol. The quantitative estimate of drug-likeness (QED) is 0.728. The van der Waals surface area contributed by atoms with Crippen LogP contribution >= 0.6 is 0 Å². The Labute approximate surface area is 96.3 Å². The van der Waals surface area contributed by atoms with Gasteiger partial charge in [0.15, 0.2) is 0 Å². The van der Waals surface area contributed by atoms with Gasteiger partial charge < -0.3 is 9.73 Å². The van der Waals surface area contributed by atoms with Crippen LogP contribution in [0.5, 0.6) is 0 Å². The van der Waals surface area contributed by atoms with Crippen molar-refractivity contribution in [2.75, 3.05) is 20.1 Å². The predicted octanol–water partition coefficient (Wildman–Crippen LogP) is 0.784. The minimum Gasteiger partial charge on any atom is -0.465 e. The van der Waals surface area contributed by atoms with Crippen LogP contribution < -0.4 is 10.0 Å². The van der Waals surface area contributed by atoms with Gasteiger partial charge in [-0.25, -0.2) is 13.1 Å². The van der Waals surface area contributed by atoms with Crippen LogP contribution in [0.1, 0.15) is 17.9 Å². The van der Waals surface area contributed by atoms with Crippen molar-refractivity contribution >= 4 is 10.0 Å². The van der Waals surface area contributed by atoms with E-state index in [4.69, 9.17) is 4.42 Å². The molecule has 0 saturated heterocycles. The number of nitrogens with one attached hydrogen (secondary N) is 2. The molecule has 0 aliphatic heterocycles. The highest BCUT2D eigenvalue weighted by molar-refractivity contribution is 7.89. The van der Waals surface area contributed by atoms with E-state index in [1.165, 1.54) is 6.07 Å². The van der Waals surface area contributed by atoms with E-state index in [0.29, 0.717) is 18.1 Å². The Hall–Kier alpha value is -0.850. The van der Waals surface area contributed by atoms with Crippen LogP contribution in [-0.4, -0.2) is 28.6 Å². The third-order valence-electron chi connectivity index (χ3n) is 2.18. The normalized spacial score (nSPS) is 11.9. The molecule has 92 valence electrons. The third-order valence-corrected chi connectivity index (χ3v) is 3.75. The van der Waals surface area contributed by atoms with Gasteiger partial charge in [-0.2, -0.15) is 0 Å². The van der Waals surface area contributed by atoms with Gasteiger partial charge in [-0.15, -0.1) is 0 Å². The summed E-state index contributed by atoms with van der Waals surface area (Å²) in [5.74, 6) is 1.03. The van der Waals surface area contributed by atoms with Gasteiger partial charge in [-0.1, -0.05) is 0 Å². The van der Waals surface area contributed by atoms with Gasteiger partial charge in [0.05, 0.1) is 0 Å². The van der Waals surface area contributed by atoms with E-state index in [1.54, 1.807) is 13.8 Å². The first-order valence-corrected chi connectivity index (χ1v) is 6.67. The van der Waals surface area contributed by atoms with Crippen molar-refractivity contribution in [3.63, 3.8) is 0 Å². The highest BCUT2D eigenvalue weighted by Crippen LogP contribution is 2.18. The summed E-state index contributed by atoms with van der Waals surface area (Å²) in [4.78, 5) is 0.231. The van der Waals surface area contributed by atoms with Gasteiger partial charge in [0, 0.05) is 6.54 Å². The van der Waals surface area contributed by atoms with Crippen LogP contribution in [0.25, 0.3) is 0 Å². The number of hydrogen-bond acceptors (Lipinski definition) is 4. The van der Waals surface area contributed by atoms with Crippen LogP contribution in [0.4, 0.5) is 0 Å². The number of rotatable bonds is 6. The zero-order chi connectivity index (χ0) is 12.2. The van der Waals surface area contributed by atoms with Crippen molar-refractivity contribution in [3.05, 3.63) is 17.6 Å². The first-order chi connectivity index (χ1) is 7.47. The van der Waals surface area contributed by atoms with E-state index in [2.05, 4.69) is 10.0 Å². The second kappa shape index (κ2) is 5.47. The Morgan fingerprint density at radius 2 is 2.00 bits per heavy atom. The highest BCUT2D eigenvalue weighted by atomic mass is 32.2. The summed E-state index contributed by atoms with van der Waals surface area (Å²) in [5.41, 5.74) is 0. The SMILES string of the molecule is CNCCCNS(=O)(=O)c1cc(C)oc1C. The zero-order valence-corrected chi connectivity index (χ0v) is 10.6. The topological polar surface area (TPSA) is 71.3 Å². The number of sulfonamides is 1. The fourth-order valence-electron chi connectivity index (χ4n) is 1.42. The molecule has 6 heteroatoms. The fourth-order valence-corrected chi connectivity index (χ4v) is 2.73. The molecule has 1 rings (SSSR count). The molecule has 0 fully saturated rings. The lowest BCUT2D eigenvalue weighted by atomic mass is 10.4. The lowest BCUT2D eigenvalue weighted by molar-refractivity contribution is 0.495. The lowest BCUT2D eigenvalue weighted by Gasteiger charge is -2.04. The molecule has 0 aliphatic rings. The summed E-state index contributed by atoms with van der Waals surface area (Å²) in [6.07, 6.45) is 0.756. The minimum atomic E-state index is -3.42. The Balaban J connectivity index is 2.67. The van der Waals surface area contributed by atoms with E-state index in [-0.39, 0.29) is 4.90 Å². The maximum atomic E-state index is 11.8. The second-order valence-corrected chi connectivity index (χ2v) is 5.37. The van der Waals surface area contributed by atoms with Crippen molar-refractivity contribution in [1.82, 2.24) is 10.0 Å². The van der Waals surface area contributed by atoms with Crippen molar-refractivity contribution in [2.24, 2.45) is 0 Å². The van der Waals surface area contributed by atoms with Crippen LogP contribution in [0.3, 0.4) is 0 Å². The molecular weight excluding hydrogens is 228 g/mol. The summed E-state index contributed by atoms with van der Waals surface area (Å²) < 4.78 is 31.4. The van der Waals surface area contributed by atoms with Crippen LogP contribution in [0, 0.1) is 13.8 Å². The molecule has 0 spiro atoms. The average Bonchev–Trinajstić information content (AvgIpc) is 2.53. The molecule has 0 bridgehead atoms.